The summed E-state index contributed by atoms with van der Waals surface area (Å²) >= 11 is 3.36. The Morgan fingerprint density at radius 1 is 1.60 bits per heavy atom. The van der Waals surface area contributed by atoms with E-state index in [1.165, 1.54) is 6.07 Å². The Morgan fingerprint density at radius 3 is 2.87 bits per heavy atom. The number of nitrogens with two attached hydrogens (primary N) is 1. The van der Waals surface area contributed by atoms with Gasteiger partial charge >= 0.3 is 0 Å². The van der Waals surface area contributed by atoms with Gasteiger partial charge in [-0.3, -0.25) is 4.79 Å². The number of carbonyl (C=O) groups excluding carboxylic acids is 1. The average molecular weight is 272 g/mol. The van der Waals surface area contributed by atoms with Gasteiger partial charge in [0.25, 0.3) is 0 Å². The zero-order chi connectivity index (χ0) is 11.2. The average Bonchev–Trinajstić information content (AvgIpc) is 2.53. The van der Waals surface area contributed by atoms with Crippen LogP contribution in [0.15, 0.2) is 16.6 Å². The molecule has 2 N–H and O–H groups in total. The van der Waals surface area contributed by atoms with Crippen LogP contribution < -0.4 is 5.73 Å². The number of hydrogen-bond donors (Lipinski definition) is 1. The van der Waals surface area contributed by atoms with E-state index in [0.29, 0.717) is 18.4 Å². The molecule has 1 unspecified atom stereocenters. The minimum absolute atomic E-state index is 0.341. The highest BCUT2D eigenvalue weighted by Crippen LogP contribution is 2.42. The van der Waals surface area contributed by atoms with E-state index >= 15 is 0 Å². The van der Waals surface area contributed by atoms with Crippen LogP contribution in [0, 0.1) is 5.82 Å². The number of primary amides is 1. The summed E-state index contributed by atoms with van der Waals surface area (Å²) in [6.07, 6.45) is 1.27. The largest absolute Gasteiger partial charge is 0.369 e. The zero-order valence-electron chi connectivity index (χ0n) is 8.31. The highest BCUT2D eigenvalue weighted by atomic mass is 79.9. The Balaban J connectivity index is 2.69. The van der Waals surface area contributed by atoms with Gasteiger partial charge in [0, 0.05) is 10.0 Å². The molecule has 4 heteroatoms. The van der Waals surface area contributed by atoms with Crippen molar-refractivity contribution in [2.45, 2.75) is 25.2 Å². The first kappa shape index (κ1) is 10.6. The van der Waals surface area contributed by atoms with Gasteiger partial charge in [-0.2, -0.15) is 0 Å². The molecule has 0 saturated carbocycles. The van der Waals surface area contributed by atoms with Crippen molar-refractivity contribution >= 4 is 21.8 Å². The molecule has 0 aliphatic heterocycles. The molecule has 0 fully saturated rings. The van der Waals surface area contributed by atoms with Crippen molar-refractivity contribution in [2.75, 3.05) is 0 Å². The monoisotopic (exact) mass is 271 g/mol. The Hall–Kier alpha value is -0.900. The SMILES string of the molecule is CC1(C(N)=O)CCc2c(Br)ccc(F)c21. The predicted molar refractivity (Wildman–Crippen MR) is 59.0 cm³/mol. The molecule has 1 atom stereocenters. The van der Waals surface area contributed by atoms with Crippen molar-refractivity contribution in [1.82, 2.24) is 0 Å². The molecule has 0 radical (unpaired) electrons. The maximum atomic E-state index is 13.7. The number of fused-ring (bicyclic) bond motifs is 1. The fourth-order valence-electron chi connectivity index (χ4n) is 2.18. The van der Waals surface area contributed by atoms with E-state index in [2.05, 4.69) is 15.9 Å². The lowest BCUT2D eigenvalue weighted by molar-refractivity contribution is -0.123. The van der Waals surface area contributed by atoms with Gasteiger partial charge in [0.15, 0.2) is 0 Å². The van der Waals surface area contributed by atoms with Gasteiger partial charge in [0.05, 0.1) is 5.41 Å². The van der Waals surface area contributed by atoms with Crippen molar-refractivity contribution in [1.29, 1.82) is 0 Å². The molecular formula is C11H11BrFNO. The fourth-order valence-corrected chi connectivity index (χ4v) is 2.71. The third kappa shape index (κ3) is 1.39. The van der Waals surface area contributed by atoms with Gasteiger partial charge in [0.2, 0.25) is 5.91 Å². The van der Waals surface area contributed by atoms with Crippen LogP contribution in [0.25, 0.3) is 0 Å². The van der Waals surface area contributed by atoms with Crippen LogP contribution in [0.3, 0.4) is 0 Å². The van der Waals surface area contributed by atoms with Crippen LogP contribution in [-0.2, 0) is 16.6 Å². The van der Waals surface area contributed by atoms with E-state index in [-0.39, 0.29) is 5.82 Å². The highest BCUT2D eigenvalue weighted by molar-refractivity contribution is 9.10. The molecule has 1 aromatic rings. The van der Waals surface area contributed by atoms with E-state index in [4.69, 9.17) is 5.73 Å². The van der Waals surface area contributed by atoms with E-state index < -0.39 is 11.3 Å². The van der Waals surface area contributed by atoms with Crippen LogP contribution in [0.5, 0.6) is 0 Å². The first-order chi connectivity index (χ1) is 6.97. The third-order valence-electron chi connectivity index (χ3n) is 3.18. The lowest BCUT2D eigenvalue weighted by atomic mass is 9.83. The van der Waals surface area contributed by atoms with Crippen LogP contribution in [-0.4, -0.2) is 5.91 Å². The Bertz CT molecular complexity index is 446. The Kier molecular flexibility index (Phi) is 2.34. The van der Waals surface area contributed by atoms with Crippen LogP contribution in [0.4, 0.5) is 4.39 Å². The molecule has 2 rings (SSSR count). The number of carbonyl (C=O) groups is 1. The van der Waals surface area contributed by atoms with Crippen LogP contribution >= 0.6 is 15.9 Å². The normalized spacial score (nSPS) is 23.9. The van der Waals surface area contributed by atoms with Gasteiger partial charge in [-0.15, -0.1) is 0 Å². The second-order valence-electron chi connectivity index (χ2n) is 4.08. The van der Waals surface area contributed by atoms with Crippen LogP contribution in [0.2, 0.25) is 0 Å². The first-order valence-electron chi connectivity index (χ1n) is 4.74. The van der Waals surface area contributed by atoms with Gasteiger partial charge < -0.3 is 5.73 Å². The fraction of sp³-hybridized carbons (Fsp3) is 0.364. The molecule has 1 amide bonds. The second kappa shape index (κ2) is 3.30. The minimum Gasteiger partial charge on any atom is -0.369 e. The van der Waals surface area contributed by atoms with E-state index in [1.54, 1.807) is 13.0 Å². The summed E-state index contributed by atoms with van der Waals surface area (Å²) in [5.41, 5.74) is 5.82. The molecule has 80 valence electrons. The molecule has 0 bridgehead atoms. The minimum atomic E-state index is -0.858. The smallest absolute Gasteiger partial charge is 0.227 e. The van der Waals surface area contributed by atoms with E-state index in [9.17, 15) is 9.18 Å². The van der Waals surface area contributed by atoms with Gasteiger partial charge in [-0.1, -0.05) is 15.9 Å². The maximum Gasteiger partial charge on any atom is 0.227 e. The molecule has 0 spiro atoms. The number of amides is 1. The van der Waals surface area contributed by atoms with Gasteiger partial charge in [-0.25, -0.2) is 4.39 Å². The highest BCUT2D eigenvalue weighted by Gasteiger charge is 2.42. The van der Waals surface area contributed by atoms with E-state index in [0.717, 1.165) is 10.0 Å². The molecule has 15 heavy (non-hydrogen) atoms. The second-order valence-corrected chi connectivity index (χ2v) is 4.93. The zero-order valence-corrected chi connectivity index (χ0v) is 9.90. The number of hydrogen-bond acceptors (Lipinski definition) is 1. The van der Waals surface area contributed by atoms with Crippen LogP contribution in [0.1, 0.15) is 24.5 Å². The molecule has 0 saturated heterocycles. The third-order valence-corrected chi connectivity index (χ3v) is 3.92. The maximum absolute atomic E-state index is 13.7. The molecule has 2 nitrogen and oxygen atoms in total. The summed E-state index contributed by atoms with van der Waals surface area (Å²) in [6, 6.07) is 3.04. The summed E-state index contributed by atoms with van der Waals surface area (Å²) in [7, 11) is 0. The van der Waals surface area contributed by atoms with Gasteiger partial charge in [-0.05, 0) is 37.5 Å². The molecule has 0 heterocycles. The summed E-state index contributed by atoms with van der Waals surface area (Å²) in [5.74, 6) is -0.801. The number of benzene rings is 1. The number of rotatable bonds is 1. The van der Waals surface area contributed by atoms with Crippen molar-refractivity contribution in [2.24, 2.45) is 5.73 Å². The van der Waals surface area contributed by atoms with Gasteiger partial charge in [0.1, 0.15) is 5.82 Å². The lowest BCUT2D eigenvalue weighted by Crippen LogP contribution is -2.37. The predicted octanol–water partition coefficient (Wildman–Crippen LogP) is 2.28. The molecule has 1 aromatic carbocycles. The summed E-state index contributed by atoms with van der Waals surface area (Å²) in [6.45, 7) is 1.71. The molecule has 1 aliphatic carbocycles. The van der Waals surface area contributed by atoms with Crippen molar-refractivity contribution in [3.05, 3.63) is 33.5 Å². The quantitative estimate of drug-likeness (QED) is 0.837. The molecule has 0 aromatic heterocycles. The first-order valence-corrected chi connectivity index (χ1v) is 5.53. The Labute approximate surface area is 95.8 Å². The van der Waals surface area contributed by atoms with Crippen molar-refractivity contribution in [3.8, 4) is 0 Å². The van der Waals surface area contributed by atoms with Crippen molar-refractivity contribution in [3.63, 3.8) is 0 Å². The van der Waals surface area contributed by atoms with E-state index in [1.807, 2.05) is 0 Å². The number of halogens is 2. The summed E-state index contributed by atoms with van der Waals surface area (Å²) in [5, 5.41) is 0. The molecule has 1 aliphatic rings. The summed E-state index contributed by atoms with van der Waals surface area (Å²) in [4.78, 5) is 11.4. The summed E-state index contributed by atoms with van der Waals surface area (Å²) < 4.78 is 14.5. The lowest BCUT2D eigenvalue weighted by Gasteiger charge is -2.21. The van der Waals surface area contributed by atoms with Crippen molar-refractivity contribution < 1.29 is 9.18 Å². The Morgan fingerprint density at radius 2 is 2.27 bits per heavy atom. The topological polar surface area (TPSA) is 43.1 Å². The standard InChI is InChI=1S/C11H11BrFNO/c1-11(10(14)15)5-4-6-7(12)2-3-8(13)9(6)11/h2-3H,4-5H2,1H3,(H2,14,15). The molecular weight excluding hydrogens is 261 g/mol.